The molecule has 0 spiro atoms. The van der Waals surface area contributed by atoms with E-state index in [1.807, 2.05) is 0 Å². The zero-order valence-electron chi connectivity index (χ0n) is 6.53. The van der Waals surface area contributed by atoms with Gasteiger partial charge in [0, 0.05) is 12.8 Å². The number of hydrogen-bond acceptors (Lipinski definition) is 1. The molecule has 2 N–H and O–H groups in total. The Hall–Kier alpha value is -0.180. The Morgan fingerprint density at radius 3 is 2.20 bits per heavy atom. The molecule has 0 unspecified atom stereocenters. The molecule has 0 atom stereocenters. The summed E-state index contributed by atoms with van der Waals surface area (Å²) in [7, 11) is 0. The van der Waals surface area contributed by atoms with Crippen LogP contribution in [0.2, 0.25) is 0 Å². The lowest BCUT2D eigenvalue weighted by atomic mass is 10.0. The molecule has 62 valence electrons. The zero-order valence-corrected chi connectivity index (χ0v) is 6.53. The molecule has 3 heteroatoms. The van der Waals surface area contributed by atoms with Crippen molar-refractivity contribution in [2.45, 2.75) is 32.6 Å². The van der Waals surface area contributed by atoms with Crippen LogP contribution in [-0.4, -0.2) is 12.5 Å². The highest BCUT2D eigenvalue weighted by atomic mass is 19.3. The molecule has 0 saturated heterocycles. The molecule has 0 aromatic heterocycles. The fourth-order valence-electron chi connectivity index (χ4n) is 0.911. The van der Waals surface area contributed by atoms with Crippen molar-refractivity contribution in [3.8, 4) is 0 Å². The van der Waals surface area contributed by atoms with Gasteiger partial charge in [0.2, 0.25) is 5.92 Å². The van der Waals surface area contributed by atoms with Crippen LogP contribution in [0.1, 0.15) is 26.7 Å². The molecule has 0 aromatic rings. The highest BCUT2D eigenvalue weighted by molar-refractivity contribution is 4.67. The predicted octanol–water partition coefficient (Wildman–Crippen LogP) is 2.02. The van der Waals surface area contributed by atoms with E-state index in [1.165, 1.54) is 0 Å². The van der Waals surface area contributed by atoms with E-state index >= 15 is 0 Å². The second kappa shape index (κ2) is 3.86. The van der Waals surface area contributed by atoms with Crippen molar-refractivity contribution in [2.75, 3.05) is 6.54 Å². The van der Waals surface area contributed by atoms with Crippen LogP contribution in [-0.2, 0) is 0 Å². The Morgan fingerprint density at radius 2 is 1.90 bits per heavy atom. The van der Waals surface area contributed by atoms with Gasteiger partial charge in [-0.1, -0.05) is 13.8 Å². The van der Waals surface area contributed by atoms with E-state index in [0.29, 0.717) is 0 Å². The van der Waals surface area contributed by atoms with E-state index in [0.717, 1.165) is 0 Å². The van der Waals surface area contributed by atoms with E-state index in [1.54, 1.807) is 13.8 Å². The Morgan fingerprint density at radius 1 is 1.40 bits per heavy atom. The highest BCUT2D eigenvalue weighted by Gasteiger charge is 2.28. The topological polar surface area (TPSA) is 26.0 Å². The van der Waals surface area contributed by atoms with Crippen molar-refractivity contribution < 1.29 is 8.78 Å². The maximum absolute atomic E-state index is 12.6. The molecule has 0 aliphatic heterocycles. The van der Waals surface area contributed by atoms with E-state index in [2.05, 4.69) is 0 Å². The maximum atomic E-state index is 12.6. The van der Waals surface area contributed by atoms with Gasteiger partial charge < -0.3 is 5.73 Å². The average Bonchev–Trinajstić information content (AvgIpc) is 1.59. The second-order valence-corrected chi connectivity index (χ2v) is 2.99. The first-order valence-corrected chi connectivity index (χ1v) is 3.56. The molecule has 0 saturated carbocycles. The molecule has 10 heavy (non-hydrogen) atoms. The summed E-state index contributed by atoms with van der Waals surface area (Å²) >= 11 is 0. The minimum atomic E-state index is -2.55. The number of halogens is 2. The minimum absolute atomic E-state index is 0.0431. The van der Waals surface area contributed by atoms with Gasteiger partial charge in [-0.25, -0.2) is 8.78 Å². The SMILES string of the molecule is CC(C)CC(F)(F)CCN. The number of nitrogens with two attached hydrogens (primary N) is 1. The van der Waals surface area contributed by atoms with Gasteiger partial charge in [0.1, 0.15) is 0 Å². The van der Waals surface area contributed by atoms with Crippen LogP contribution in [0.5, 0.6) is 0 Å². The highest BCUT2D eigenvalue weighted by Crippen LogP contribution is 2.25. The summed E-state index contributed by atoms with van der Waals surface area (Å²) in [5.41, 5.74) is 5.01. The first-order valence-electron chi connectivity index (χ1n) is 3.56. The van der Waals surface area contributed by atoms with E-state index in [-0.39, 0.29) is 25.3 Å². The van der Waals surface area contributed by atoms with Gasteiger partial charge in [-0.05, 0) is 12.5 Å². The Bertz CT molecular complexity index is 91.6. The van der Waals surface area contributed by atoms with Gasteiger partial charge >= 0.3 is 0 Å². The minimum Gasteiger partial charge on any atom is -0.330 e. The summed E-state index contributed by atoms with van der Waals surface area (Å²) in [5, 5.41) is 0. The first kappa shape index (κ1) is 9.82. The lowest BCUT2D eigenvalue weighted by Crippen LogP contribution is -2.22. The Labute approximate surface area is 60.6 Å². The van der Waals surface area contributed by atoms with Crippen molar-refractivity contribution in [2.24, 2.45) is 11.7 Å². The quantitative estimate of drug-likeness (QED) is 0.653. The van der Waals surface area contributed by atoms with Crippen LogP contribution in [0.25, 0.3) is 0 Å². The van der Waals surface area contributed by atoms with Gasteiger partial charge in [-0.15, -0.1) is 0 Å². The standard InChI is InChI=1S/C7H15F2N/c1-6(2)5-7(8,9)3-4-10/h6H,3-5,10H2,1-2H3. The number of hydrogen-bond donors (Lipinski definition) is 1. The van der Waals surface area contributed by atoms with Crippen molar-refractivity contribution in [3.63, 3.8) is 0 Å². The van der Waals surface area contributed by atoms with Gasteiger partial charge in [-0.2, -0.15) is 0 Å². The van der Waals surface area contributed by atoms with Gasteiger partial charge in [-0.3, -0.25) is 0 Å². The van der Waals surface area contributed by atoms with Crippen LogP contribution >= 0.6 is 0 Å². The molecule has 0 rings (SSSR count). The normalized spacial score (nSPS) is 12.6. The van der Waals surface area contributed by atoms with Crippen molar-refractivity contribution in [3.05, 3.63) is 0 Å². The summed E-state index contributed by atoms with van der Waals surface area (Å²) in [5.74, 6) is -2.51. The van der Waals surface area contributed by atoms with Crippen LogP contribution < -0.4 is 5.73 Å². The lowest BCUT2D eigenvalue weighted by molar-refractivity contribution is -0.0245. The van der Waals surface area contributed by atoms with Crippen LogP contribution in [0.15, 0.2) is 0 Å². The van der Waals surface area contributed by atoms with Gasteiger partial charge in [0.05, 0.1) is 0 Å². The molecule has 0 heterocycles. The number of rotatable bonds is 4. The monoisotopic (exact) mass is 151 g/mol. The summed E-state index contributed by atoms with van der Waals surface area (Å²) in [6.07, 6.45) is -0.241. The zero-order chi connectivity index (χ0) is 8.20. The third-order valence-corrected chi connectivity index (χ3v) is 1.22. The number of alkyl halides is 2. The smallest absolute Gasteiger partial charge is 0.249 e. The largest absolute Gasteiger partial charge is 0.330 e. The van der Waals surface area contributed by atoms with Crippen molar-refractivity contribution >= 4 is 0 Å². The summed E-state index contributed by atoms with van der Waals surface area (Å²) < 4.78 is 25.2. The van der Waals surface area contributed by atoms with Gasteiger partial charge in [0.15, 0.2) is 0 Å². The van der Waals surface area contributed by atoms with Crippen LogP contribution in [0, 0.1) is 5.92 Å². The molecule has 0 aromatic carbocycles. The molecule has 0 aliphatic rings. The van der Waals surface area contributed by atoms with E-state index in [4.69, 9.17) is 5.73 Å². The molecule has 0 bridgehead atoms. The molecule has 1 nitrogen and oxygen atoms in total. The fraction of sp³-hybridized carbons (Fsp3) is 1.00. The summed E-state index contributed by atoms with van der Waals surface area (Å²) in [6.45, 7) is 3.63. The fourth-order valence-corrected chi connectivity index (χ4v) is 0.911. The average molecular weight is 151 g/mol. The van der Waals surface area contributed by atoms with Gasteiger partial charge in [0.25, 0.3) is 0 Å². The molecule has 0 fully saturated rings. The molecule has 0 amide bonds. The Balaban J connectivity index is 3.63. The first-order chi connectivity index (χ1) is 4.48. The second-order valence-electron chi connectivity index (χ2n) is 2.99. The molecule has 0 radical (unpaired) electrons. The maximum Gasteiger partial charge on any atom is 0.249 e. The Kier molecular flexibility index (Phi) is 3.79. The third-order valence-electron chi connectivity index (χ3n) is 1.22. The predicted molar refractivity (Wildman–Crippen MR) is 38.1 cm³/mol. The van der Waals surface area contributed by atoms with E-state index < -0.39 is 5.92 Å². The van der Waals surface area contributed by atoms with Crippen molar-refractivity contribution in [1.82, 2.24) is 0 Å². The molecular weight excluding hydrogens is 136 g/mol. The molecule has 0 aliphatic carbocycles. The van der Waals surface area contributed by atoms with Crippen LogP contribution in [0.4, 0.5) is 8.78 Å². The lowest BCUT2D eigenvalue weighted by Gasteiger charge is -2.16. The molecular formula is C7H15F2N. The summed E-state index contributed by atoms with van der Waals surface area (Å²) in [4.78, 5) is 0. The van der Waals surface area contributed by atoms with E-state index in [9.17, 15) is 8.78 Å². The summed E-state index contributed by atoms with van der Waals surface area (Å²) in [6, 6.07) is 0. The van der Waals surface area contributed by atoms with Crippen molar-refractivity contribution in [1.29, 1.82) is 0 Å². The third kappa shape index (κ3) is 4.68. The van der Waals surface area contributed by atoms with Crippen LogP contribution in [0.3, 0.4) is 0 Å².